The van der Waals surface area contributed by atoms with Crippen LogP contribution in [0.2, 0.25) is 0 Å². The molecule has 19 heavy (non-hydrogen) atoms. The molecule has 0 heterocycles. The van der Waals surface area contributed by atoms with Gasteiger partial charge in [0.05, 0.1) is 13.2 Å². The molecule has 1 amide bonds. The van der Waals surface area contributed by atoms with Gasteiger partial charge in [-0.15, -0.1) is 12.4 Å². The number of carbonyl (C=O) groups excluding carboxylic acids is 2. The summed E-state index contributed by atoms with van der Waals surface area (Å²) in [6, 6.07) is -1.19. The molecule has 0 aromatic heterocycles. The smallest absolute Gasteiger partial charge is 0.328 e. The molecule has 0 aromatic carbocycles. The molecule has 0 aliphatic heterocycles. The number of nitrogens with two attached hydrogens (primary N) is 1. The van der Waals surface area contributed by atoms with Gasteiger partial charge in [0, 0.05) is 0 Å². The minimum Gasteiger partial charge on any atom is -0.467 e. The van der Waals surface area contributed by atoms with E-state index in [1.54, 1.807) is 0 Å². The average Bonchev–Trinajstić information content (AvgIpc) is 2.25. The van der Waals surface area contributed by atoms with Crippen LogP contribution < -0.4 is 11.1 Å². The van der Waals surface area contributed by atoms with Crippen LogP contribution in [0, 0.1) is 11.8 Å². The van der Waals surface area contributed by atoms with Crippen molar-refractivity contribution < 1.29 is 14.3 Å². The summed E-state index contributed by atoms with van der Waals surface area (Å²) in [5, 5.41) is 2.67. The molecule has 2 atom stereocenters. The third kappa shape index (κ3) is 8.83. The number of hydrogen-bond donors (Lipinski definition) is 2. The minimum absolute atomic E-state index is 0. The number of ether oxygens (including phenoxy) is 1. The van der Waals surface area contributed by atoms with Gasteiger partial charge < -0.3 is 15.8 Å². The summed E-state index contributed by atoms with van der Waals surface area (Å²) < 4.78 is 4.68. The summed E-state index contributed by atoms with van der Waals surface area (Å²) in [6.07, 6.45) is 1.15. The molecular weight excluding hydrogens is 268 g/mol. The lowest BCUT2D eigenvalue weighted by Crippen LogP contribution is -2.49. The normalized spacial score (nSPS) is 13.7. The zero-order valence-corrected chi connectivity index (χ0v) is 13.3. The Hall–Kier alpha value is -0.810. The highest BCUT2D eigenvalue weighted by Gasteiger charge is 2.25. The Morgan fingerprint density at radius 3 is 1.95 bits per heavy atom. The Morgan fingerprint density at radius 2 is 1.58 bits per heavy atom. The Bertz CT molecular complexity index is 283. The summed E-state index contributed by atoms with van der Waals surface area (Å²) in [5.74, 6) is -0.0864. The number of amides is 1. The van der Waals surface area contributed by atoms with Crippen molar-refractivity contribution in [3.05, 3.63) is 0 Å². The summed E-state index contributed by atoms with van der Waals surface area (Å²) in [4.78, 5) is 23.4. The van der Waals surface area contributed by atoms with Crippen LogP contribution in [0.15, 0.2) is 0 Å². The first-order valence-corrected chi connectivity index (χ1v) is 6.41. The van der Waals surface area contributed by atoms with Gasteiger partial charge in [-0.3, -0.25) is 4.79 Å². The second-order valence-electron chi connectivity index (χ2n) is 5.45. The van der Waals surface area contributed by atoms with E-state index in [0.717, 1.165) is 0 Å². The average molecular weight is 295 g/mol. The molecule has 0 radical (unpaired) electrons. The largest absolute Gasteiger partial charge is 0.467 e. The molecule has 0 fully saturated rings. The zero-order chi connectivity index (χ0) is 14.3. The second kappa shape index (κ2) is 10.0. The van der Waals surface area contributed by atoms with Gasteiger partial charge in [0.2, 0.25) is 5.91 Å². The van der Waals surface area contributed by atoms with E-state index in [1.165, 1.54) is 7.11 Å². The topological polar surface area (TPSA) is 81.4 Å². The van der Waals surface area contributed by atoms with Crippen LogP contribution in [-0.4, -0.2) is 31.1 Å². The van der Waals surface area contributed by atoms with Crippen molar-refractivity contribution in [2.45, 2.75) is 52.6 Å². The van der Waals surface area contributed by atoms with Gasteiger partial charge in [-0.25, -0.2) is 4.79 Å². The fourth-order valence-corrected chi connectivity index (χ4v) is 1.72. The molecule has 0 saturated carbocycles. The number of rotatable bonds is 7. The van der Waals surface area contributed by atoms with Gasteiger partial charge in [-0.2, -0.15) is 0 Å². The van der Waals surface area contributed by atoms with Gasteiger partial charge in [0.15, 0.2) is 0 Å². The lowest BCUT2D eigenvalue weighted by Gasteiger charge is -2.21. The van der Waals surface area contributed by atoms with Crippen molar-refractivity contribution >= 4 is 24.3 Å². The molecular formula is C13H27ClN2O3. The van der Waals surface area contributed by atoms with Crippen molar-refractivity contribution in [1.82, 2.24) is 5.32 Å². The third-order valence-corrected chi connectivity index (χ3v) is 2.57. The van der Waals surface area contributed by atoms with E-state index in [4.69, 9.17) is 5.73 Å². The van der Waals surface area contributed by atoms with Crippen molar-refractivity contribution in [2.75, 3.05) is 7.11 Å². The molecule has 0 bridgehead atoms. The molecule has 0 rings (SSSR count). The maximum Gasteiger partial charge on any atom is 0.328 e. The van der Waals surface area contributed by atoms with E-state index >= 15 is 0 Å². The Balaban J connectivity index is 0. The van der Waals surface area contributed by atoms with Crippen LogP contribution in [0.3, 0.4) is 0 Å². The lowest BCUT2D eigenvalue weighted by molar-refractivity contribution is -0.145. The highest BCUT2D eigenvalue weighted by molar-refractivity contribution is 5.87. The first-order chi connectivity index (χ1) is 8.27. The standard InChI is InChI=1S/C13H26N2O3.ClH/c1-8(2)6-10(14)12(16)15-11(7-9(3)4)13(17)18-5;/h8-11H,6-7,14H2,1-5H3,(H,15,16);1H/t10-,11-;/m0./s1. The van der Waals surface area contributed by atoms with Gasteiger partial charge in [-0.1, -0.05) is 27.7 Å². The van der Waals surface area contributed by atoms with Crippen molar-refractivity contribution in [3.8, 4) is 0 Å². The summed E-state index contributed by atoms with van der Waals surface area (Å²) >= 11 is 0. The van der Waals surface area contributed by atoms with Crippen LogP contribution in [-0.2, 0) is 14.3 Å². The van der Waals surface area contributed by atoms with Crippen LogP contribution >= 0.6 is 12.4 Å². The lowest BCUT2D eigenvalue weighted by atomic mass is 10.0. The maximum absolute atomic E-state index is 11.8. The summed E-state index contributed by atoms with van der Waals surface area (Å²) in [5.41, 5.74) is 5.77. The van der Waals surface area contributed by atoms with Gasteiger partial charge in [0.1, 0.15) is 6.04 Å². The number of carbonyl (C=O) groups is 2. The quantitative estimate of drug-likeness (QED) is 0.697. The highest BCUT2D eigenvalue weighted by atomic mass is 35.5. The molecule has 0 aromatic rings. The van der Waals surface area contributed by atoms with E-state index in [9.17, 15) is 9.59 Å². The van der Waals surface area contributed by atoms with Crippen LogP contribution in [0.4, 0.5) is 0 Å². The molecule has 0 spiro atoms. The van der Waals surface area contributed by atoms with Gasteiger partial charge in [-0.05, 0) is 24.7 Å². The molecule has 114 valence electrons. The number of nitrogens with one attached hydrogen (secondary N) is 1. The first-order valence-electron chi connectivity index (χ1n) is 6.41. The van der Waals surface area contributed by atoms with Crippen molar-refractivity contribution in [2.24, 2.45) is 17.6 Å². The fourth-order valence-electron chi connectivity index (χ4n) is 1.72. The third-order valence-electron chi connectivity index (χ3n) is 2.57. The van der Waals surface area contributed by atoms with E-state index in [-0.39, 0.29) is 24.2 Å². The van der Waals surface area contributed by atoms with Crippen molar-refractivity contribution in [3.63, 3.8) is 0 Å². The SMILES string of the molecule is COC(=O)[C@H](CC(C)C)NC(=O)[C@@H](N)CC(C)C.Cl. The van der Waals surface area contributed by atoms with E-state index < -0.39 is 18.1 Å². The minimum atomic E-state index is -0.610. The monoisotopic (exact) mass is 294 g/mol. The number of halogens is 1. The maximum atomic E-state index is 11.8. The Kier molecular flexibility index (Phi) is 10.8. The number of esters is 1. The Labute approximate surface area is 122 Å². The second-order valence-corrected chi connectivity index (χ2v) is 5.45. The number of methoxy groups -OCH3 is 1. The van der Waals surface area contributed by atoms with E-state index in [0.29, 0.717) is 18.8 Å². The zero-order valence-electron chi connectivity index (χ0n) is 12.4. The predicted molar refractivity (Wildman–Crippen MR) is 78.1 cm³/mol. The highest BCUT2D eigenvalue weighted by Crippen LogP contribution is 2.08. The number of hydrogen-bond acceptors (Lipinski definition) is 4. The summed E-state index contributed by atoms with van der Waals surface area (Å²) in [7, 11) is 1.32. The summed E-state index contributed by atoms with van der Waals surface area (Å²) in [6.45, 7) is 7.96. The van der Waals surface area contributed by atoms with Gasteiger partial charge >= 0.3 is 5.97 Å². The predicted octanol–water partition coefficient (Wildman–Crippen LogP) is 1.49. The molecule has 0 saturated heterocycles. The molecule has 0 aliphatic carbocycles. The molecule has 3 N–H and O–H groups in total. The van der Waals surface area contributed by atoms with Crippen LogP contribution in [0.25, 0.3) is 0 Å². The van der Waals surface area contributed by atoms with Crippen LogP contribution in [0.1, 0.15) is 40.5 Å². The fraction of sp³-hybridized carbons (Fsp3) is 0.846. The van der Waals surface area contributed by atoms with E-state index in [2.05, 4.69) is 10.1 Å². The Morgan fingerprint density at radius 1 is 1.11 bits per heavy atom. The van der Waals surface area contributed by atoms with Crippen molar-refractivity contribution in [1.29, 1.82) is 0 Å². The van der Waals surface area contributed by atoms with Gasteiger partial charge in [0.25, 0.3) is 0 Å². The molecule has 6 heteroatoms. The molecule has 5 nitrogen and oxygen atoms in total. The first kappa shape index (κ1) is 20.5. The van der Waals surface area contributed by atoms with Crippen LogP contribution in [0.5, 0.6) is 0 Å². The molecule has 0 unspecified atom stereocenters. The van der Waals surface area contributed by atoms with E-state index in [1.807, 2.05) is 27.7 Å². The molecule has 0 aliphatic rings.